The molecule has 0 unspecified atom stereocenters. The number of para-hydroxylation sites is 1. The van der Waals surface area contributed by atoms with E-state index in [1.807, 2.05) is 12.1 Å². The molecule has 3 aromatic carbocycles. The van der Waals surface area contributed by atoms with Crippen LogP contribution < -0.4 is 24.4 Å². The maximum absolute atomic E-state index is 13.1. The summed E-state index contributed by atoms with van der Waals surface area (Å²) in [6, 6.07) is 15.6. The molecule has 8 nitrogen and oxygen atoms in total. The molecule has 0 aliphatic carbocycles. The molecular formula is C26H19BrCl2N2O6. The van der Waals surface area contributed by atoms with Gasteiger partial charge in [-0.25, -0.2) is 9.69 Å². The van der Waals surface area contributed by atoms with Crippen molar-refractivity contribution in [2.45, 2.75) is 0 Å². The first kappa shape index (κ1) is 26.5. The Morgan fingerprint density at radius 1 is 0.946 bits per heavy atom. The summed E-state index contributed by atoms with van der Waals surface area (Å²) in [5.41, 5.74) is 0.504. The van der Waals surface area contributed by atoms with Gasteiger partial charge in [-0.2, -0.15) is 0 Å². The van der Waals surface area contributed by atoms with Crippen LogP contribution in [0.25, 0.3) is 6.08 Å². The molecule has 4 amide bonds. The van der Waals surface area contributed by atoms with Crippen LogP contribution in [0.2, 0.25) is 10.0 Å². The fourth-order valence-electron chi connectivity index (χ4n) is 3.47. The summed E-state index contributed by atoms with van der Waals surface area (Å²) in [5, 5.41) is 3.12. The highest BCUT2D eigenvalue weighted by Gasteiger charge is 2.36. The molecule has 1 saturated heterocycles. The summed E-state index contributed by atoms with van der Waals surface area (Å²) in [6.45, 7) is 0.425. The standard InChI is InChI=1S/C26H19BrCl2N2O6/c1-35-22-14-15(13-19(27)23(22)37-11-10-36-21-5-3-2-4-20(21)29)12-18-24(32)30-26(34)31(25(18)33)17-8-6-16(28)7-9-17/h2-9,12-14H,10-11H2,1H3,(H,30,32,34)/b18-12+. The molecule has 11 heteroatoms. The molecule has 0 aromatic heterocycles. The minimum Gasteiger partial charge on any atom is -0.493 e. The zero-order valence-corrected chi connectivity index (χ0v) is 22.4. The van der Waals surface area contributed by atoms with Crippen molar-refractivity contribution in [2.24, 2.45) is 0 Å². The second-order valence-electron chi connectivity index (χ2n) is 7.60. The van der Waals surface area contributed by atoms with Gasteiger partial charge in [0.1, 0.15) is 24.5 Å². The van der Waals surface area contributed by atoms with Crippen molar-refractivity contribution in [2.75, 3.05) is 25.2 Å². The van der Waals surface area contributed by atoms with E-state index in [1.165, 1.54) is 37.5 Å². The quantitative estimate of drug-likeness (QED) is 0.195. The van der Waals surface area contributed by atoms with Crippen LogP contribution in [0.1, 0.15) is 5.56 Å². The van der Waals surface area contributed by atoms with Crippen molar-refractivity contribution >= 4 is 68.7 Å². The van der Waals surface area contributed by atoms with E-state index in [-0.39, 0.29) is 24.5 Å². The van der Waals surface area contributed by atoms with Crippen molar-refractivity contribution in [3.05, 3.63) is 86.3 Å². The largest absolute Gasteiger partial charge is 0.493 e. The lowest BCUT2D eigenvalue weighted by Crippen LogP contribution is -2.54. The third kappa shape index (κ3) is 6.07. The lowest BCUT2D eigenvalue weighted by atomic mass is 10.1. The molecule has 1 heterocycles. The minimum absolute atomic E-state index is 0.194. The summed E-state index contributed by atoms with van der Waals surface area (Å²) in [7, 11) is 1.46. The second kappa shape index (κ2) is 11.7. The first-order chi connectivity index (χ1) is 17.8. The van der Waals surface area contributed by atoms with E-state index in [4.69, 9.17) is 37.4 Å². The smallest absolute Gasteiger partial charge is 0.335 e. The number of barbiturate groups is 1. The summed E-state index contributed by atoms with van der Waals surface area (Å²) in [5.74, 6) is -0.282. The predicted molar refractivity (Wildman–Crippen MR) is 144 cm³/mol. The number of carbonyl (C=O) groups is 3. The van der Waals surface area contributed by atoms with Gasteiger partial charge in [-0.3, -0.25) is 14.9 Å². The average molecular weight is 606 g/mol. The molecule has 0 atom stereocenters. The summed E-state index contributed by atoms with van der Waals surface area (Å²) in [4.78, 5) is 38.9. The summed E-state index contributed by atoms with van der Waals surface area (Å²) < 4.78 is 17.4. The van der Waals surface area contributed by atoms with E-state index >= 15 is 0 Å². The Bertz CT molecular complexity index is 1390. The first-order valence-electron chi connectivity index (χ1n) is 10.8. The van der Waals surface area contributed by atoms with Crippen molar-refractivity contribution in [3.8, 4) is 17.2 Å². The van der Waals surface area contributed by atoms with Crippen LogP contribution in [0, 0.1) is 0 Å². The van der Waals surface area contributed by atoms with Crippen LogP contribution in [0.15, 0.2) is 70.7 Å². The molecule has 37 heavy (non-hydrogen) atoms. The average Bonchev–Trinajstić information content (AvgIpc) is 2.87. The van der Waals surface area contributed by atoms with Crippen LogP contribution in [0.5, 0.6) is 17.2 Å². The monoisotopic (exact) mass is 604 g/mol. The van der Waals surface area contributed by atoms with Crippen molar-refractivity contribution in [3.63, 3.8) is 0 Å². The molecule has 0 bridgehead atoms. The van der Waals surface area contributed by atoms with Gasteiger partial charge in [0.15, 0.2) is 11.5 Å². The minimum atomic E-state index is -0.851. The Hall–Kier alpha value is -3.53. The molecule has 3 aromatic rings. The van der Waals surface area contributed by atoms with Crippen LogP contribution in [0.3, 0.4) is 0 Å². The van der Waals surface area contributed by atoms with Gasteiger partial charge in [-0.05, 0) is 76.1 Å². The second-order valence-corrected chi connectivity index (χ2v) is 9.29. The number of nitrogens with one attached hydrogen (secondary N) is 1. The number of imide groups is 2. The number of hydrogen-bond acceptors (Lipinski definition) is 6. The zero-order valence-electron chi connectivity index (χ0n) is 19.3. The van der Waals surface area contributed by atoms with Crippen molar-refractivity contribution < 1.29 is 28.6 Å². The fraction of sp³-hybridized carbons (Fsp3) is 0.115. The number of urea groups is 1. The Morgan fingerprint density at radius 2 is 1.65 bits per heavy atom. The van der Waals surface area contributed by atoms with Crippen LogP contribution in [0.4, 0.5) is 10.5 Å². The van der Waals surface area contributed by atoms with Gasteiger partial charge in [-0.1, -0.05) is 35.3 Å². The maximum atomic E-state index is 13.1. The van der Waals surface area contributed by atoms with E-state index in [0.717, 1.165) is 4.90 Å². The number of rotatable bonds is 8. The molecule has 1 aliphatic rings. The number of benzene rings is 3. The van der Waals surface area contributed by atoms with Gasteiger partial charge in [0, 0.05) is 5.02 Å². The van der Waals surface area contributed by atoms with Crippen LogP contribution in [-0.2, 0) is 9.59 Å². The van der Waals surface area contributed by atoms with E-state index in [0.29, 0.717) is 37.3 Å². The van der Waals surface area contributed by atoms with E-state index in [2.05, 4.69) is 21.2 Å². The number of ether oxygens (including phenoxy) is 3. The lowest BCUT2D eigenvalue weighted by Gasteiger charge is -2.26. The van der Waals surface area contributed by atoms with Gasteiger partial charge in [0.05, 0.1) is 22.3 Å². The Balaban J connectivity index is 1.53. The lowest BCUT2D eigenvalue weighted by molar-refractivity contribution is -0.122. The highest BCUT2D eigenvalue weighted by atomic mass is 79.9. The topological polar surface area (TPSA) is 94.2 Å². The summed E-state index contributed by atoms with van der Waals surface area (Å²) >= 11 is 15.4. The van der Waals surface area contributed by atoms with Crippen molar-refractivity contribution in [1.29, 1.82) is 0 Å². The van der Waals surface area contributed by atoms with E-state index < -0.39 is 17.8 Å². The molecule has 4 rings (SSSR count). The fourth-order valence-corrected chi connectivity index (χ4v) is 4.36. The first-order valence-corrected chi connectivity index (χ1v) is 12.4. The van der Waals surface area contributed by atoms with Gasteiger partial charge in [0.2, 0.25) is 0 Å². The SMILES string of the molecule is COc1cc(/C=C2\C(=O)NC(=O)N(c3ccc(Cl)cc3)C2=O)cc(Br)c1OCCOc1ccccc1Cl. The van der Waals surface area contributed by atoms with E-state index in [9.17, 15) is 14.4 Å². The third-order valence-electron chi connectivity index (χ3n) is 5.17. The molecule has 0 radical (unpaired) electrons. The number of hydrogen-bond donors (Lipinski definition) is 1. The zero-order chi connectivity index (χ0) is 26.5. The van der Waals surface area contributed by atoms with Gasteiger partial charge in [-0.15, -0.1) is 0 Å². The highest BCUT2D eigenvalue weighted by Crippen LogP contribution is 2.37. The third-order valence-corrected chi connectivity index (χ3v) is 6.33. The number of methoxy groups -OCH3 is 1. The number of carbonyl (C=O) groups excluding carboxylic acids is 3. The molecule has 1 N–H and O–H groups in total. The van der Waals surface area contributed by atoms with Gasteiger partial charge >= 0.3 is 6.03 Å². The molecule has 1 aliphatic heterocycles. The maximum Gasteiger partial charge on any atom is 0.335 e. The van der Waals surface area contributed by atoms with E-state index in [1.54, 1.807) is 24.3 Å². The van der Waals surface area contributed by atoms with Crippen LogP contribution >= 0.6 is 39.1 Å². The Labute approximate surface area is 230 Å². The van der Waals surface area contributed by atoms with Crippen molar-refractivity contribution in [1.82, 2.24) is 5.32 Å². The number of anilines is 1. The molecular weight excluding hydrogens is 587 g/mol. The molecule has 0 spiro atoms. The molecule has 190 valence electrons. The molecule has 0 saturated carbocycles. The normalized spacial score (nSPS) is 14.5. The summed E-state index contributed by atoms with van der Waals surface area (Å²) in [6.07, 6.45) is 1.37. The van der Waals surface area contributed by atoms with Gasteiger partial charge in [0.25, 0.3) is 11.8 Å². The number of amides is 4. The highest BCUT2D eigenvalue weighted by molar-refractivity contribution is 9.10. The van der Waals surface area contributed by atoms with Gasteiger partial charge < -0.3 is 14.2 Å². The number of halogens is 3. The predicted octanol–water partition coefficient (Wildman–Crippen LogP) is 5.89. The molecule has 1 fully saturated rings. The Kier molecular flexibility index (Phi) is 8.38. The Morgan fingerprint density at radius 3 is 2.35 bits per heavy atom. The number of nitrogens with zero attached hydrogens (tertiary/aromatic N) is 1. The van der Waals surface area contributed by atoms with Crippen LogP contribution in [-0.4, -0.2) is 38.2 Å².